The summed E-state index contributed by atoms with van der Waals surface area (Å²) >= 11 is 1.41. The molecule has 7 heteroatoms. The van der Waals surface area contributed by atoms with Crippen molar-refractivity contribution < 1.29 is 4.79 Å². The third-order valence-electron chi connectivity index (χ3n) is 2.85. The van der Waals surface area contributed by atoms with E-state index in [9.17, 15) is 4.79 Å². The van der Waals surface area contributed by atoms with Gasteiger partial charge in [0.05, 0.1) is 11.2 Å². The molecule has 0 aliphatic carbocycles. The molecular weight excluding hydrogens is 281 g/mol. The van der Waals surface area contributed by atoms with E-state index in [4.69, 9.17) is 5.73 Å². The summed E-state index contributed by atoms with van der Waals surface area (Å²) in [5.74, 6) is 0.1000. The van der Waals surface area contributed by atoms with Crippen LogP contribution >= 0.6 is 36.2 Å². The monoisotopic (exact) mass is 297 g/mol. The SMILES string of the molecule is Cc1ncsc1C(=O)N1CCCC1CN.Cl.Cl. The van der Waals surface area contributed by atoms with E-state index in [1.54, 1.807) is 5.51 Å². The highest BCUT2D eigenvalue weighted by atomic mass is 35.5. The minimum atomic E-state index is 0. The molecule has 1 aliphatic heterocycles. The van der Waals surface area contributed by atoms with Crippen molar-refractivity contribution in [2.24, 2.45) is 5.73 Å². The van der Waals surface area contributed by atoms with Gasteiger partial charge in [-0.2, -0.15) is 0 Å². The third-order valence-corrected chi connectivity index (χ3v) is 3.77. The fourth-order valence-electron chi connectivity index (χ4n) is 1.99. The average molecular weight is 298 g/mol. The van der Waals surface area contributed by atoms with Gasteiger partial charge >= 0.3 is 0 Å². The van der Waals surface area contributed by atoms with Crippen LogP contribution in [0.15, 0.2) is 5.51 Å². The quantitative estimate of drug-likeness (QED) is 0.906. The molecule has 0 radical (unpaired) electrons. The smallest absolute Gasteiger partial charge is 0.266 e. The summed E-state index contributed by atoms with van der Waals surface area (Å²) in [6.45, 7) is 3.26. The van der Waals surface area contributed by atoms with Crippen LogP contribution in [-0.2, 0) is 0 Å². The zero-order valence-electron chi connectivity index (χ0n) is 9.59. The third kappa shape index (κ3) is 3.31. The van der Waals surface area contributed by atoms with Crippen LogP contribution in [-0.4, -0.2) is 34.9 Å². The summed E-state index contributed by atoms with van der Waals surface area (Å²) in [7, 11) is 0. The molecule has 1 fully saturated rings. The molecule has 1 saturated heterocycles. The topological polar surface area (TPSA) is 59.2 Å². The molecule has 1 atom stereocenters. The number of rotatable bonds is 2. The largest absolute Gasteiger partial charge is 0.334 e. The maximum Gasteiger partial charge on any atom is 0.266 e. The number of carbonyl (C=O) groups is 1. The first-order valence-electron chi connectivity index (χ1n) is 5.15. The van der Waals surface area contributed by atoms with Crippen LogP contribution in [0.25, 0.3) is 0 Å². The fourth-order valence-corrected chi connectivity index (χ4v) is 2.74. The standard InChI is InChI=1S/C10H15N3OS.2ClH/c1-7-9(15-6-12-7)10(14)13-4-2-3-8(13)5-11;;/h6,8H,2-5,11H2,1H3;2*1H. The van der Waals surface area contributed by atoms with Gasteiger partial charge in [-0.3, -0.25) is 4.79 Å². The number of aromatic nitrogens is 1. The van der Waals surface area contributed by atoms with Crippen molar-refractivity contribution >= 4 is 42.1 Å². The lowest BCUT2D eigenvalue weighted by Crippen LogP contribution is -2.39. The molecule has 17 heavy (non-hydrogen) atoms. The second-order valence-electron chi connectivity index (χ2n) is 3.80. The summed E-state index contributed by atoms with van der Waals surface area (Å²) in [6, 6.07) is 0.221. The summed E-state index contributed by atoms with van der Waals surface area (Å²) in [6.07, 6.45) is 2.09. The summed E-state index contributed by atoms with van der Waals surface area (Å²) in [4.78, 5) is 18.9. The first-order chi connectivity index (χ1) is 7.24. The molecule has 0 bridgehead atoms. The Morgan fingerprint density at radius 1 is 1.65 bits per heavy atom. The van der Waals surface area contributed by atoms with E-state index in [1.165, 1.54) is 11.3 Å². The number of carbonyl (C=O) groups excluding carboxylic acids is 1. The van der Waals surface area contributed by atoms with Crippen LogP contribution in [0.5, 0.6) is 0 Å². The van der Waals surface area contributed by atoms with Crippen LogP contribution in [0.4, 0.5) is 0 Å². The van der Waals surface area contributed by atoms with Gasteiger partial charge < -0.3 is 10.6 Å². The van der Waals surface area contributed by atoms with E-state index in [0.717, 1.165) is 30.0 Å². The average Bonchev–Trinajstić information content (AvgIpc) is 2.84. The molecule has 2 rings (SSSR count). The Morgan fingerprint density at radius 3 is 2.88 bits per heavy atom. The van der Waals surface area contributed by atoms with Gasteiger partial charge in [-0.15, -0.1) is 36.2 Å². The van der Waals surface area contributed by atoms with Crippen molar-refractivity contribution in [2.75, 3.05) is 13.1 Å². The van der Waals surface area contributed by atoms with Crippen LogP contribution in [0, 0.1) is 6.92 Å². The minimum absolute atomic E-state index is 0. The summed E-state index contributed by atoms with van der Waals surface area (Å²) in [5.41, 5.74) is 8.19. The van der Waals surface area contributed by atoms with Crippen molar-refractivity contribution in [2.45, 2.75) is 25.8 Å². The highest BCUT2D eigenvalue weighted by Gasteiger charge is 2.29. The zero-order valence-corrected chi connectivity index (χ0v) is 12.0. The Bertz CT molecular complexity index is 372. The number of amides is 1. The Hall–Kier alpha value is -0.360. The van der Waals surface area contributed by atoms with Gasteiger partial charge in [0.15, 0.2) is 0 Å². The number of likely N-dealkylation sites (tertiary alicyclic amines) is 1. The maximum atomic E-state index is 12.1. The van der Waals surface area contributed by atoms with Crippen LogP contribution in [0.1, 0.15) is 28.2 Å². The number of hydrogen-bond donors (Lipinski definition) is 1. The van der Waals surface area contributed by atoms with Crippen molar-refractivity contribution in [3.05, 3.63) is 16.1 Å². The molecule has 1 amide bonds. The van der Waals surface area contributed by atoms with Gasteiger partial charge in [0, 0.05) is 19.1 Å². The molecule has 1 aromatic rings. The van der Waals surface area contributed by atoms with Crippen LogP contribution < -0.4 is 5.73 Å². The molecule has 1 unspecified atom stereocenters. The Kier molecular flexibility index (Phi) is 7.01. The number of thiazole rings is 1. The molecule has 1 aliphatic rings. The molecule has 1 aromatic heterocycles. The number of nitrogens with zero attached hydrogens (tertiary/aromatic N) is 2. The lowest BCUT2D eigenvalue weighted by Gasteiger charge is -2.22. The molecule has 2 N–H and O–H groups in total. The van der Waals surface area contributed by atoms with Crippen molar-refractivity contribution in [1.82, 2.24) is 9.88 Å². The van der Waals surface area contributed by atoms with Crippen molar-refractivity contribution in [3.8, 4) is 0 Å². The highest BCUT2D eigenvalue weighted by Crippen LogP contribution is 2.22. The van der Waals surface area contributed by atoms with E-state index in [2.05, 4.69) is 4.98 Å². The number of nitrogens with two attached hydrogens (primary N) is 1. The van der Waals surface area contributed by atoms with Crippen LogP contribution in [0.3, 0.4) is 0 Å². The summed E-state index contributed by atoms with van der Waals surface area (Å²) < 4.78 is 0. The lowest BCUT2D eigenvalue weighted by atomic mass is 10.2. The summed E-state index contributed by atoms with van der Waals surface area (Å²) in [5, 5.41) is 0. The van der Waals surface area contributed by atoms with E-state index in [-0.39, 0.29) is 36.8 Å². The molecular formula is C10H17Cl2N3OS. The normalized spacial score (nSPS) is 18.5. The molecule has 98 valence electrons. The molecule has 2 heterocycles. The van der Waals surface area contributed by atoms with Crippen LogP contribution in [0.2, 0.25) is 0 Å². The predicted molar refractivity (Wildman–Crippen MR) is 74.5 cm³/mol. The van der Waals surface area contributed by atoms with E-state index in [0.29, 0.717) is 6.54 Å². The fraction of sp³-hybridized carbons (Fsp3) is 0.600. The number of aryl methyl sites for hydroxylation is 1. The Balaban J connectivity index is 0.00000128. The zero-order chi connectivity index (χ0) is 10.8. The van der Waals surface area contributed by atoms with Gasteiger partial charge in [-0.1, -0.05) is 0 Å². The van der Waals surface area contributed by atoms with Gasteiger partial charge in [0.2, 0.25) is 0 Å². The van der Waals surface area contributed by atoms with Gasteiger partial charge in [0.1, 0.15) is 4.88 Å². The highest BCUT2D eigenvalue weighted by molar-refractivity contribution is 7.11. The second-order valence-corrected chi connectivity index (χ2v) is 4.65. The number of halogens is 2. The van der Waals surface area contributed by atoms with E-state index in [1.807, 2.05) is 11.8 Å². The van der Waals surface area contributed by atoms with Crippen molar-refractivity contribution in [1.29, 1.82) is 0 Å². The molecule has 0 aromatic carbocycles. The van der Waals surface area contributed by atoms with Crippen molar-refractivity contribution in [3.63, 3.8) is 0 Å². The Labute approximate surface area is 117 Å². The van der Waals surface area contributed by atoms with Gasteiger partial charge in [-0.05, 0) is 19.8 Å². The predicted octanol–water partition coefficient (Wildman–Crippen LogP) is 1.86. The molecule has 0 saturated carbocycles. The lowest BCUT2D eigenvalue weighted by molar-refractivity contribution is 0.0745. The minimum Gasteiger partial charge on any atom is -0.334 e. The second kappa shape index (κ2) is 7.16. The van der Waals surface area contributed by atoms with Gasteiger partial charge in [0.25, 0.3) is 5.91 Å². The molecule has 4 nitrogen and oxygen atoms in total. The molecule has 0 spiro atoms. The first-order valence-corrected chi connectivity index (χ1v) is 6.03. The van der Waals surface area contributed by atoms with Gasteiger partial charge in [-0.25, -0.2) is 4.98 Å². The maximum absolute atomic E-state index is 12.1. The van der Waals surface area contributed by atoms with E-state index >= 15 is 0 Å². The van der Waals surface area contributed by atoms with E-state index < -0.39 is 0 Å². The Morgan fingerprint density at radius 2 is 2.35 bits per heavy atom. The first kappa shape index (κ1) is 16.6. The number of hydrogen-bond acceptors (Lipinski definition) is 4.